The maximum atomic E-state index is 12.2. The van der Waals surface area contributed by atoms with Gasteiger partial charge in [-0.2, -0.15) is 5.10 Å². The Morgan fingerprint density at radius 3 is 2.71 bits per heavy atom. The predicted molar refractivity (Wildman–Crippen MR) is 97.4 cm³/mol. The Balaban J connectivity index is 1.59. The summed E-state index contributed by atoms with van der Waals surface area (Å²) in [5.74, 6) is 0.310. The highest BCUT2D eigenvalue weighted by atomic mass is 16.1. The lowest BCUT2D eigenvalue weighted by Crippen LogP contribution is -2.28. The molecule has 1 aliphatic carbocycles. The zero-order valence-corrected chi connectivity index (χ0v) is 13.3. The number of aromatic amines is 1. The second-order valence-corrected chi connectivity index (χ2v) is 6.19. The highest BCUT2D eigenvalue weighted by Gasteiger charge is 2.25. The van der Waals surface area contributed by atoms with Crippen molar-refractivity contribution in [1.82, 2.24) is 10.2 Å². The van der Waals surface area contributed by atoms with Gasteiger partial charge in [0.2, 0.25) is 5.91 Å². The van der Waals surface area contributed by atoms with Gasteiger partial charge in [0.1, 0.15) is 0 Å². The summed E-state index contributed by atoms with van der Waals surface area (Å²) < 4.78 is 0. The van der Waals surface area contributed by atoms with E-state index in [0.717, 1.165) is 47.1 Å². The molecule has 0 saturated heterocycles. The third-order valence-corrected chi connectivity index (χ3v) is 4.62. The average Bonchev–Trinajstić information content (AvgIpc) is 2.96. The van der Waals surface area contributed by atoms with Gasteiger partial charge in [-0.3, -0.25) is 9.89 Å². The molecule has 0 bridgehead atoms. The summed E-state index contributed by atoms with van der Waals surface area (Å²) >= 11 is 0. The average molecular weight is 317 g/mol. The number of anilines is 1. The molecule has 4 heteroatoms. The van der Waals surface area contributed by atoms with Gasteiger partial charge in [-0.05, 0) is 36.6 Å². The summed E-state index contributed by atoms with van der Waals surface area (Å²) in [5.41, 5.74) is 3.75. The fourth-order valence-electron chi connectivity index (χ4n) is 2.94. The summed E-state index contributed by atoms with van der Waals surface area (Å²) in [5, 5.41) is 11.5. The van der Waals surface area contributed by atoms with Gasteiger partial charge in [0.05, 0.1) is 11.2 Å². The van der Waals surface area contributed by atoms with Crippen LogP contribution in [0.4, 0.5) is 5.69 Å². The Morgan fingerprint density at radius 2 is 1.88 bits per heavy atom. The van der Waals surface area contributed by atoms with Crippen LogP contribution in [0, 0.1) is 5.92 Å². The first kappa shape index (κ1) is 14.7. The molecule has 3 aromatic rings. The van der Waals surface area contributed by atoms with Crippen LogP contribution in [0.1, 0.15) is 30.5 Å². The SMILES string of the molecule is O=C(Nc1ccccc1C=Cc1n[nH]c2ccccc12)C1CCC1. The zero-order chi connectivity index (χ0) is 16.4. The van der Waals surface area contributed by atoms with Crippen LogP contribution in [-0.2, 0) is 4.79 Å². The van der Waals surface area contributed by atoms with Gasteiger partial charge in [-0.25, -0.2) is 0 Å². The van der Waals surface area contributed by atoms with E-state index in [2.05, 4.69) is 15.5 Å². The Kier molecular flexibility index (Phi) is 3.87. The maximum absolute atomic E-state index is 12.2. The smallest absolute Gasteiger partial charge is 0.227 e. The number of hydrogen-bond donors (Lipinski definition) is 2. The summed E-state index contributed by atoms with van der Waals surface area (Å²) in [7, 11) is 0. The minimum Gasteiger partial charge on any atom is -0.325 e. The molecule has 0 atom stereocenters. The highest BCUT2D eigenvalue weighted by Crippen LogP contribution is 2.28. The number of aromatic nitrogens is 2. The van der Waals surface area contributed by atoms with E-state index in [1.165, 1.54) is 0 Å². The van der Waals surface area contributed by atoms with Crippen LogP contribution in [-0.4, -0.2) is 16.1 Å². The largest absolute Gasteiger partial charge is 0.325 e. The number of H-pyrrole nitrogens is 1. The molecule has 1 saturated carbocycles. The van der Waals surface area contributed by atoms with Crippen LogP contribution in [0.3, 0.4) is 0 Å². The Bertz CT molecular complexity index is 906. The summed E-state index contributed by atoms with van der Waals surface area (Å²) in [6.45, 7) is 0. The first-order valence-corrected chi connectivity index (χ1v) is 8.32. The van der Waals surface area contributed by atoms with Gasteiger partial charge in [0.25, 0.3) is 0 Å². The van der Waals surface area contributed by atoms with Crippen LogP contribution < -0.4 is 5.32 Å². The molecule has 0 spiro atoms. The number of benzene rings is 2. The number of carbonyl (C=O) groups is 1. The Hall–Kier alpha value is -2.88. The van der Waals surface area contributed by atoms with Crippen molar-refractivity contribution in [3.63, 3.8) is 0 Å². The number of carbonyl (C=O) groups excluding carboxylic acids is 1. The maximum Gasteiger partial charge on any atom is 0.227 e. The molecule has 0 radical (unpaired) electrons. The number of fused-ring (bicyclic) bond motifs is 1. The molecule has 4 nitrogen and oxygen atoms in total. The van der Waals surface area contributed by atoms with E-state index in [1.54, 1.807) is 0 Å². The quantitative estimate of drug-likeness (QED) is 0.746. The van der Waals surface area contributed by atoms with Crippen LogP contribution in [0.25, 0.3) is 23.1 Å². The lowest BCUT2D eigenvalue weighted by atomic mass is 9.85. The molecule has 120 valence electrons. The molecule has 0 aliphatic heterocycles. The van der Waals surface area contributed by atoms with E-state index >= 15 is 0 Å². The van der Waals surface area contributed by atoms with Crippen molar-refractivity contribution in [2.75, 3.05) is 5.32 Å². The number of amides is 1. The Morgan fingerprint density at radius 1 is 1.08 bits per heavy atom. The van der Waals surface area contributed by atoms with E-state index in [1.807, 2.05) is 60.7 Å². The lowest BCUT2D eigenvalue weighted by molar-refractivity contribution is -0.122. The van der Waals surface area contributed by atoms with Gasteiger partial charge in [-0.1, -0.05) is 48.9 Å². The fourth-order valence-corrected chi connectivity index (χ4v) is 2.94. The molecule has 24 heavy (non-hydrogen) atoms. The number of hydrogen-bond acceptors (Lipinski definition) is 2. The van der Waals surface area contributed by atoms with Gasteiger partial charge in [-0.15, -0.1) is 0 Å². The molecule has 1 fully saturated rings. The van der Waals surface area contributed by atoms with Crippen molar-refractivity contribution in [2.45, 2.75) is 19.3 Å². The van der Waals surface area contributed by atoms with E-state index in [0.29, 0.717) is 0 Å². The second-order valence-electron chi connectivity index (χ2n) is 6.19. The third kappa shape index (κ3) is 2.83. The van der Waals surface area contributed by atoms with Gasteiger partial charge in [0.15, 0.2) is 0 Å². The van der Waals surface area contributed by atoms with Crippen molar-refractivity contribution >= 4 is 34.6 Å². The topological polar surface area (TPSA) is 57.8 Å². The molecule has 1 heterocycles. The number of nitrogens with one attached hydrogen (secondary N) is 2. The first-order valence-electron chi connectivity index (χ1n) is 8.32. The lowest BCUT2D eigenvalue weighted by Gasteiger charge is -2.24. The van der Waals surface area contributed by atoms with Gasteiger partial charge in [0, 0.05) is 17.0 Å². The van der Waals surface area contributed by atoms with Crippen LogP contribution in [0.5, 0.6) is 0 Å². The molecule has 0 unspecified atom stereocenters. The standard InChI is InChI=1S/C20H19N3O/c24-20(15-7-5-8-15)21-17-10-3-1-6-14(17)12-13-19-16-9-2-4-11-18(16)22-23-19/h1-4,6,9-13,15H,5,7-8H2,(H,21,24)(H,22,23). The predicted octanol–water partition coefficient (Wildman–Crippen LogP) is 4.47. The molecule has 1 aromatic heterocycles. The number of rotatable bonds is 4. The molecule has 1 amide bonds. The van der Waals surface area contributed by atoms with Crippen molar-refractivity contribution in [1.29, 1.82) is 0 Å². The highest BCUT2D eigenvalue weighted by molar-refractivity contribution is 5.96. The van der Waals surface area contributed by atoms with E-state index in [-0.39, 0.29) is 11.8 Å². The van der Waals surface area contributed by atoms with Crippen LogP contribution in [0.2, 0.25) is 0 Å². The van der Waals surface area contributed by atoms with Crippen LogP contribution in [0.15, 0.2) is 48.5 Å². The minimum atomic E-state index is 0.132. The third-order valence-electron chi connectivity index (χ3n) is 4.62. The van der Waals surface area contributed by atoms with Crippen molar-refractivity contribution < 1.29 is 4.79 Å². The fraction of sp³-hybridized carbons (Fsp3) is 0.200. The zero-order valence-electron chi connectivity index (χ0n) is 13.3. The van der Waals surface area contributed by atoms with Crippen LogP contribution >= 0.6 is 0 Å². The summed E-state index contributed by atoms with van der Waals surface area (Å²) in [6.07, 6.45) is 7.14. The molecule has 4 rings (SSSR count). The molecular formula is C20H19N3O. The minimum absolute atomic E-state index is 0.132. The van der Waals surface area contributed by atoms with E-state index < -0.39 is 0 Å². The normalized spacial score (nSPS) is 14.8. The van der Waals surface area contributed by atoms with Crippen molar-refractivity contribution in [3.8, 4) is 0 Å². The number of nitrogens with zero attached hydrogens (tertiary/aromatic N) is 1. The van der Waals surface area contributed by atoms with E-state index in [4.69, 9.17) is 0 Å². The second kappa shape index (κ2) is 6.32. The number of para-hydroxylation sites is 2. The summed E-state index contributed by atoms with van der Waals surface area (Å²) in [6, 6.07) is 15.9. The van der Waals surface area contributed by atoms with Gasteiger partial charge < -0.3 is 5.32 Å². The molecular weight excluding hydrogens is 298 g/mol. The molecule has 2 aromatic carbocycles. The van der Waals surface area contributed by atoms with Crippen molar-refractivity contribution in [2.24, 2.45) is 5.92 Å². The Labute approximate surface area is 140 Å². The molecule has 1 aliphatic rings. The molecule has 2 N–H and O–H groups in total. The monoisotopic (exact) mass is 317 g/mol. The first-order chi connectivity index (χ1) is 11.8. The summed E-state index contributed by atoms with van der Waals surface area (Å²) in [4.78, 5) is 12.2. The van der Waals surface area contributed by atoms with Gasteiger partial charge >= 0.3 is 0 Å². The van der Waals surface area contributed by atoms with Crippen molar-refractivity contribution in [3.05, 3.63) is 59.8 Å². The van der Waals surface area contributed by atoms with E-state index in [9.17, 15) is 4.79 Å².